The van der Waals surface area contributed by atoms with Gasteiger partial charge in [-0.1, -0.05) is 50.5 Å². The predicted molar refractivity (Wildman–Crippen MR) is 66.7 cm³/mol. The lowest BCUT2D eigenvalue weighted by molar-refractivity contribution is 0.747. The molecule has 0 aliphatic rings. The van der Waals surface area contributed by atoms with Gasteiger partial charge in [-0.15, -0.1) is 0 Å². The summed E-state index contributed by atoms with van der Waals surface area (Å²) in [5.41, 5.74) is 2.23. The van der Waals surface area contributed by atoms with Gasteiger partial charge < -0.3 is 0 Å². The fourth-order valence-corrected chi connectivity index (χ4v) is 1.50. The summed E-state index contributed by atoms with van der Waals surface area (Å²) in [6.45, 7) is 9.61. The number of hydrogen-bond donors (Lipinski definition) is 0. The van der Waals surface area contributed by atoms with Crippen LogP contribution in [0.15, 0.2) is 49.7 Å². The lowest BCUT2D eigenvalue weighted by atomic mass is 9.98. The minimum atomic E-state index is 0.412. The molecule has 0 aliphatic heterocycles. The first-order valence-electron chi connectivity index (χ1n) is 5.14. The smallest absolute Gasteiger partial charge is 0.0506 e. The van der Waals surface area contributed by atoms with Crippen LogP contribution in [0.5, 0.6) is 0 Å². The first-order valence-corrected chi connectivity index (χ1v) is 5.14. The highest BCUT2D eigenvalue weighted by atomic mass is 14.7. The maximum Gasteiger partial charge on any atom is 0.0506 e. The van der Waals surface area contributed by atoms with Crippen molar-refractivity contribution in [3.63, 3.8) is 0 Å². The zero-order valence-corrected chi connectivity index (χ0v) is 9.19. The molecule has 78 valence electrons. The lowest BCUT2D eigenvalue weighted by Crippen LogP contribution is -1.98. The Morgan fingerprint density at radius 2 is 2.27 bits per heavy atom. The standard InChI is InChI=1S/C14H17N/c1-4-6-7-9-12(3)14-13(5-2)10-8-11-15-14/h4-8,10-12H,1-2,9H2,3H3. The molecule has 1 aromatic rings. The van der Waals surface area contributed by atoms with Crippen molar-refractivity contribution in [2.45, 2.75) is 19.3 Å². The average Bonchev–Trinajstić information content (AvgIpc) is 2.29. The highest BCUT2D eigenvalue weighted by molar-refractivity contribution is 5.50. The molecule has 0 aromatic carbocycles. The third-order valence-electron chi connectivity index (χ3n) is 2.32. The van der Waals surface area contributed by atoms with Crippen molar-refractivity contribution < 1.29 is 0 Å². The molecule has 1 nitrogen and oxygen atoms in total. The van der Waals surface area contributed by atoms with Crippen LogP contribution in [0.4, 0.5) is 0 Å². The van der Waals surface area contributed by atoms with E-state index in [-0.39, 0.29) is 0 Å². The Kier molecular flexibility index (Phi) is 4.55. The summed E-state index contributed by atoms with van der Waals surface area (Å²) in [7, 11) is 0. The molecule has 0 saturated heterocycles. The molecule has 0 N–H and O–H groups in total. The molecule has 0 saturated carbocycles. The Balaban J connectivity index is 2.80. The summed E-state index contributed by atoms with van der Waals surface area (Å²) in [6, 6.07) is 3.98. The van der Waals surface area contributed by atoms with Crippen LogP contribution in [0.2, 0.25) is 0 Å². The Labute approximate surface area is 91.9 Å². The van der Waals surface area contributed by atoms with E-state index in [9.17, 15) is 0 Å². The van der Waals surface area contributed by atoms with Crippen LogP contribution in [0, 0.1) is 0 Å². The molecule has 0 radical (unpaired) electrons. The Bertz CT molecular complexity index is 363. The third kappa shape index (κ3) is 3.21. The van der Waals surface area contributed by atoms with Crippen LogP contribution in [-0.2, 0) is 0 Å². The normalized spacial score (nSPS) is 12.6. The van der Waals surface area contributed by atoms with Gasteiger partial charge in [-0.05, 0) is 18.1 Å². The minimum Gasteiger partial charge on any atom is -0.260 e. The highest BCUT2D eigenvalue weighted by Gasteiger charge is 2.07. The summed E-state index contributed by atoms with van der Waals surface area (Å²) in [5.74, 6) is 0.412. The first-order chi connectivity index (χ1) is 7.29. The van der Waals surface area contributed by atoms with E-state index >= 15 is 0 Å². The number of nitrogens with zero attached hydrogens (tertiary/aromatic N) is 1. The van der Waals surface area contributed by atoms with E-state index in [1.54, 1.807) is 6.08 Å². The van der Waals surface area contributed by atoms with Crippen LogP contribution in [0.1, 0.15) is 30.5 Å². The predicted octanol–water partition coefficient (Wildman–Crippen LogP) is 3.96. The molecule has 15 heavy (non-hydrogen) atoms. The Morgan fingerprint density at radius 3 is 2.93 bits per heavy atom. The molecule has 0 bridgehead atoms. The van der Waals surface area contributed by atoms with Crippen LogP contribution >= 0.6 is 0 Å². The fraction of sp³-hybridized carbons (Fsp3) is 0.214. The number of allylic oxidation sites excluding steroid dienone is 3. The van der Waals surface area contributed by atoms with Gasteiger partial charge in [0, 0.05) is 12.1 Å². The maximum atomic E-state index is 4.40. The molecule has 0 amide bonds. The first kappa shape index (κ1) is 11.4. The van der Waals surface area contributed by atoms with Crippen molar-refractivity contribution in [3.05, 3.63) is 61.0 Å². The second kappa shape index (κ2) is 5.97. The third-order valence-corrected chi connectivity index (χ3v) is 2.32. The van der Waals surface area contributed by atoms with Gasteiger partial charge in [0.1, 0.15) is 0 Å². The second-order valence-corrected chi connectivity index (χ2v) is 3.48. The Hall–Kier alpha value is -1.63. The van der Waals surface area contributed by atoms with Crippen molar-refractivity contribution in [2.24, 2.45) is 0 Å². The number of hydrogen-bond acceptors (Lipinski definition) is 1. The van der Waals surface area contributed by atoms with Gasteiger partial charge in [0.05, 0.1) is 5.69 Å². The largest absolute Gasteiger partial charge is 0.260 e. The van der Waals surface area contributed by atoms with Crippen molar-refractivity contribution in [1.82, 2.24) is 4.98 Å². The second-order valence-electron chi connectivity index (χ2n) is 3.48. The molecule has 1 heterocycles. The van der Waals surface area contributed by atoms with Crippen LogP contribution < -0.4 is 0 Å². The fourth-order valence-electron chi connectivity index (χ4n) is 1.50. The molecule has 1 rings (SSSR count). The van der Waals surface area contributed by atoms with Gasteiger partial charge in [0.15, 0.2) is 0 Å². The van der Waals surface area contributed by atoms with Gasteiger partial charge in [-0.2, -0.15) is 0 Å². The van der Waals surface area contributed by atoms with E-state index in [2.05, 4.69) is 31.1 Å². The van der Waals surface area contributed by atoms with Crippen LogP contribution in [0.25, 0.3) is 6.08 Å². The van der Waals surface area contributed by atoms with Crippen LogP contribution in [0.3, 0.4) is 0 Å². The summed E-state index contributed by atoms with van der Waals surface area (Å²) in [4.78, 5) is 4.40. The highest BCUT2D eigenvalue weighted by Crippen LogP contribution is 2.21. The van der Waals surface area contributed by atoms with Gasteiger partial charge in [0.25, 0.3) is 0 Å². The molecule has 0 fully saturated rings. The number of aromatic nitrogens is 1. The van der Waals surface area contributed by atoms with E-state index in [1.165, 1.54) is 0 Å². The topological polar surface area (TPSA) is 12.9 Å². The van der Waals surface area contributed by atoms with E-state index in [4.69, 9.17) is 0 Å². The number of pyridine rings is 1. The quantitative estimate of drug-likeness (QED) is 0.654. The van der Waals surface area contributed by atoms with Gasteiger partial charge >= 0.3 is 0 Å². The summed E-state index contributed by atoms with van der Waals surface area (Å²) in [6.07, 6.45) is 10.5. The molecule has 1 atom stereocenters. The molecule has 1 aromatic heterocycles. The van der Waals surface area contributed by atoms with Crippen molar-refractivity contribution in [1.29, 1.82) is 0 Å². The zero-order chi connectivity index (χ0) is 11.1. The maximum absolute atomic E-state index is 4.40. The van der Waals surface area contributed by atoms with Gasteiger partial charge in [0.2, 0.25) is 0 Å². The van der Waals surface area contributed by atoms with Crippen LogP contribution in [-0.4, -0.2) is 4.98 Å². The van der Waals surface area contributed by atoms with Gasteiger partial charge in [-0.3, -0.25) is 4.98 Å². The minimum absolute atomic E-state index is 0.412. The molecule has 1 unspecified atom stereocenters. The average molecular weight is 199 g/mol. The monoisotopic (exact) mass is 199 g/mol. The molecular weight excluding hydrogens is 182 g/mol. The van der Waals surface area contributed by atoms with E-state index < -0.39 is 0 Å². The summed E-state index contributed by atoms with van der Waals surface area (Å²) in [5, 5.41) is 0. The summed E-state index contributed by atoms with van der Waals surface area (Å²) >= 11 is 0. The lowest BCUT2D eigenvalue weighted by Gasteiger charge is -2.10. The molecule has 0 spiro atoms. The molecule has 1 heteroatoms. The van der Waals surface area contributed by atoms with Gasteiger partial charge in [-0.25, -0.2) is 0 Å². The SMILES string of the molecule is C=CC=CCC(C)c1ncccc1C=C. The van der Waals surface area contributed by atoms with E-state index in [1.807, 2.05) is 30.5 Å². The zero-order valence-electron chi connectivity index (χ0n) is 9.19. The Morgan fingerprint density at radius 1 is 1.47 bits per heavy atom. The van der Waals surface area contributed by atoms with E-state index in [0.29, 0.717) is 5.92 Å². The van der Waals surface area contributed by atoms with Crippen molar-refractivity contribution in [3.8, 4) is 0 Å². The molecule has 0 aliphatic carbocycles. The number of rotatable bonds is 5. The molecular formula is C14H17N. The summed E-state index contributed by atoms with van der Waals surface area (Å²) < 4.78 is 0. The van der Waals surface area contributed by atoms with Crippen molar-refractivity contribution >= 4 is 6.08 Å². The van der Waals surface area contributed by atoms with Crippen molar-refractivity contribution in [2.75, 3.05) is 0 Å². The van der Waals surface area contributed by atoms with E-state index in [0.717, 1.165) is 17.7 Å².